The fraction of sp³-hybridized carbons (Fsp3) is 0.143. The third-order valence-corrected chi connectivity index (χ3v) is 3.11. The Bertz CT molecular complexity index is 600. The molecule has 1 heterocycles. The van der Waals surface area contributed by atoms with Crippen molar-refractivity contribution in [3.63, 3.8) is 0 Å². The number of pyridine rings is 1. The minimum absolute atomic E-state index is 0.0549. The molecule has 1 aromatic carbocycles. The van der Waals surface area contributed by atoms with Crippen molar-refractivity contribution in [3.05, 3.63) is 53.3 Å². The van der Waals surface area contributed by atoms with Gasteiger partial charge in [-0.25, -0.2) is 9.78 Å². The number of nitrogens with two attached hydrogens (primary N) is 1. The molecule has 20 heavy (non-hydrogen) atoms. The van der Waals surface area contributed by atoms with Crippen LogP contribution in [0.2, 0.25) is 5.15 Å². The number of amides is 2. The Labute approximate surface area is 122 Å². The van der Waals surface area contributed by atoms with E-state index >= 15 is 0 Å². The van der Waals surface area contributed by atoms with E-state index in [1.807, 2.05) is 31.2 Å². The van der Waals surface area contributed by atoms with E-state index in [-0.39, 0.29) is 6.04 Å². The molecule has 0 aliphatic rings. The highest BCUT2D eigenvalue weighted by Gasteiger charge is 2.08. The van der Waals surface area contributed by atoms with Gasteiger partial charge in [0.2, 0.25) is 0 Å². The first-order valence-electron chi connectivity index (χ1n) is 6.09. The molecule has 1 unspecified atom stereocenters. The van der Waals surface area contributed by atoms with Crippen LogP contribution in [0.15, 0.2) is 42.6 Å². The number of nitrogens with one attached hydrogen (secondary N) is 2. The molecule has 0 radical (unpaired) electrons. The zero-order valence-corrected chi connectivity index (χ0v) is 11.7. The third kappa shape index (κ3) is 3.61. The number of benzene rings is 1. The summed E-state index contributed by atoms with van der Waals surface area (Å²) in [4.78, 5) is 14.8. The number of hydrogen-bond donors (Lipinski definition) is 3. The number of nitrogens with zero attached hydrogens (tertiary/aromatic N) is 1. The standard InChI is InChI=1S/C14H15ClN4O/c1-9(18-12-3-2-8-17-13(12)15)10-4-6-11(7-5-10)19-14(16)20/h2-9,18H,1H3,(H3,16,19,20). The second kappa shape index (κ2) is 6.25. The molecule has 0 saturated carbocycles. The molecule has 0 bridgehead atoms. The molecule has 104 valence electrons. The lowest BCUT2D eigenvalue weighted by molar-refractivity contribution is 0.259. The van der Waals surface area contributed by atoms with Crippen molar-refractivity contribution in [2.75, 3.05) is 10.6 Å². The Balaban J connectivity index is 2.08. The van der Waals surface area contributed by atoms with Crippen LogP contribution < -0.4 is 16.4 Å². The molecule has 1 aromatic heterocycles. The van der Waals surface area contributed by atoms with Crippen LogP contribution >= 0.6 is 11.6 Å². The molecule has 1 atom stereocenters. The van der Waals surface area contributed by atoms with E-state index in [2.05, 4.69) is 15.6 Å². The lowest BCUT2D eigenvalue weighted by Crippen LogP contribution is -2.19. The van der Waals surface area contributed by atoms with Crippen molar-refractivity contribution < 1.29 is 4.79 Å². The Kier molecular flexibility index (Phi) is 4.42. The topological polar surface area (TPSA) is 80.0 Å². The van der Waals surface area contributed by atoms with Gasteiger partial charge in [-0.2, -0.15) is 0 Å². The van der Waals surface area contributed by atoms with E-state index in [0.717, 1.165) is 11.3 Å². The highest BCUT2D eigenvalue weighted by Crippen LogP contribution is 2.24. The number of hydrogen-bond acceptors (Lipinski definition) is 3. The Morgan fingerprint density at radius 1 is 1.30 bits per heavy atom. The summed E-state index contributed by atoms with van der Waals surface area (Å²) in [6.45, 7) is 2.01. The zero-order valence-electron chi connectivity index (χ0n) is 10.9. The maximum atomic E-state index is 10.7. The van der Waals surface area contributed by atoms with Gasteiger partial charge in [0.1, 0.15) is 0 Å². The molecule has 0 saturated heterocycles. The lowest BCUT2D eigenvalue weighted by atomic mass is 10.1. The minimum atomic E-state index is -0.578. The lowest BCUT2D eigenvalue weighted by Gasteiger charge is -2.16. The number of carbonyl (C=O) groups is 1. The van der Waals surface area contributed by atoms with Crippen molar-refractivity contribution in [1.82, 2.24) is 4.98 Å². The normalized spacial score (nSPS) is 11.7. The molecule has 0 aliphatic heterocycles. The third-order valence-electron chi connectivity index (χ3n) is 2.81. The van der Waals surface area contributed by atoms with Crippen molar-refractivity contribution in [1.29, 1.82) is 0 Å². The molecule has 5 nitrogen and oxygen atoms in total. The van der Waals surface area contributed by atoms with Crippen LogP contribution in [0.1, 0.15) is 18.5 Å². The molecule has 2 aromatic rings. The largest absolute Gasteiger partial charge is 0.376 e. The van der Waals surface area contributed by atoms with Crippen molar-refractivity contribution in [2.45, 2.75) is 13.0 Å². The number of halogens is 1. The van der Waals surface area contributed by atoms with E-state index in [0.29, 0.717) is 10.8 Å². The molecular formula is C14H15ClN4O. The van der Waals surface area contributed by atoms with E-state index in [9.17, 15) is 4.79 Å². The Morgan fingerprint density at radius 2 is 2.00 bits per heavy atom. The van der Waals surface area contributed by atoms with Gasteiger partial charge in [0, 0.05) is 17.9 Å². The second-order valence-electron chi connectivity index (χ2n) is 4.32. The predicted octanol–water partition coefficient (Wildman–Crippen LogP) is 3.40. The smallest absolute Gasteiger partial charge is 0.316 e. The first kappa shape index (κ1) is 14.1. The van der Waals surface area contributed by atoms with Crippen LogP contribution in [0.5, 0.6) is 0 Å². The summed E-state index contributed by atoms with van der Waals surface area (Å²) in [7, 11) is 0. The summed E-state index contributed by atoms with van der Waals surface area (Å²) in [6, 6.07) is 10.6. The van der Waals surface area contributed by atoms with Crippen LogP contribution in [0.3, 0.4) is 0 Å². The number of urea groups is 1. The first-order valence-corrected chi connectivity index (χ1v) is 6.47. The monoisotopic (exact) mass is 290 g/mol. The van der Waals surface area contributed by atoms with E-state index in [1.165, 1.54) is 0 Å². The van der Waals surface area contributed by atoms with Gasteiger partial charge in [0.05, 0.1) is 5.69 Å². The highest BCUT2D eigenvalue weighted by atomic mass is 35.5. The van der Waals surface area contributed by atoms with Crippen LogP contribution in [0.4, 0.5) is 16.2 Å². The Hall–Kier alpha value is -2.27. The maximum Gasteiger partial charge on any atom is 0.316 e. The SMILES string of the molecule is CC(Nc1cccnc1Cl)c1ccc(NC(N)=O)cc1. The molecule has 6 heteroatoms. The van der Waals surface area contributed by atoms with Crippen LogP contribution in [-0.2, 0) is 0 Å². The summed E-state index contributed by atoms with van der Waals surface area (Å²) in [5.41, 5.74) is 7.55. The fourth-order valence-electron chi connectivity index (χ4n) is 1.81. The molecule has 0 spiro atoms. The number of anilines is 2. The number of aromatic nitrogens is 1. The summed E-state index contributed by atoms with van der Waals surface area (Å²) in [6.07, 6.45) is 1.64. The molecular weight excluding hydrogens is 276 g/mol. The van der Waals surface area contributed by atoms with Crippen molar-refractivity contribution in [3.8, 4) is 0 Å². The number of carbonyl (C=O) groups excluding carboxylic acids is 1. The second-order valence-corrected chi connectivity index (χ2v) is 4.68. The van der Waals surface area contributed by atoms with Crippen LogP contribution in [-0.4, -0.2) is 11.0 Å². The van der Waals surface area contributed by atoms with Gasteiger partial charge in [-0.3, -0.25) is 0 Å². The number of rotatable bonds is 4. The van der Waals surface area contributed by atoms with Crippen LogP contribution in [0, 0.1) is 0 Å². The molecule has 2 rings (SSSR count). The van der Waals surface area contributed by atoms with Crippen molar-refractivity contribution >= 4 is 29.0 Å². The van der Waals surface area contributed by atoms with Gasteiger partial charge in [-0.15, -0.1) is 0 Å². The molecule has 0 fully saturated rings. The van der Waals surface area contributed by atoms with E-state index in [1.54, 1.807) is 18.3 Å². The minimum Gasteiger partial charge on any atom is -0.376 e. The van der Waals surface area contributed by atoms with Crippen molar-refractivity contribution in [2.24, 2.45) is 5.73 Å². The van der Waals surface area contributed by atoms with Gasteiger partial charge in [0.15, 0.2) is 5.15 Å². The molecule has 2 amide bonds. The zero-order chi connectivity index (χ0) is 14.5. The predicted molar refractivity (Wildman–Crippen MR) is 80.9 cm³/mol. The average Bonchev–Trinajstić information content (AvgIpc) is 2.41. The van der Waals surface area contributed by atoms with Gasteiger partial charge < -0.3 is 16.4 Å². The van der Waals surface area contributed by atoms with Crippen LogP contribution in [0.25, 0.3) is 0 Å². The molecule has 0 aliphatic carbocycles. The summed E-state index contributed by atoms with van der Waals surface area (Å²) in [5, 5.41) is 6.23. The number of primary amides is 1. The van der Waals surface area contributed by atoms with Gasteiger partial charge in [0.25, 0.3) is 0 Å². The average molecular weight is 291 g/mol. The quantitative estimate of drug-likeness (QED) is 0.755. The summed E-state index contributed by atoms with van der Waals surface area (Å²) < 4.78 is 0. The summed E-state index contributed by atoms with van der Waals surface area (Å²) in [5.74, 6) is 0. The maximum absolute atomic E-state index is 10.7. The molecule has 4 N–H and O–H groups in total. The van der Waals surface area contributed by atoms with Gasteiger partial charge in [-0.05, 0) is 36.8 Å². The fourth-order valence-corrected chi connectivity index (χ4v) is 1.98. The highest BCUT2D eigenvalue weighted by molar-refractivity contribution is 6.31. The van der Waals surface area contributed by atoms with Gasteiger partial charge >= 0.3 is 6.03 Å². The summed E-state index contributed by atoms with van der Waals surface area (Å²) >= 11 is 6.00. The van der Waals surface area contributed by atoms with E-state index in [4.69, 9.17) is 17.3 Å². The first-order chi connectivity index (χ1) is 9.56. The van der Waals surface area contributed by atoms with E-state index < -0.39 is 6.03 Å². The Morgan fingerprint density at radius 3 is 2.60 bits per heavy atom. The van der Waals surface area contributed by atoms with Gasteiger partial charge in [-0.1, -0.05) is 23.7 Å².